The molecular formula is C48H28S2. The molecule has 0 bridgehead atoms. The Balaban J connectivity index is 1.04. The average Bonchev–Trinajstić information content (AvgIpc) is 3.74. The lowest BCUT2D eigenvalue weighted by molar-refractivity contribution is 1.63. The highest BCUT2D eigenvalue weighted by Crippen LogP contribution is 2.46. The Kier molecular flexibility index (Phi) is 6.09. The molecule has 0 saturated carbocycles. The lowest BCUT2D eigenvalue weighted by Crippen LogP contribution is -1.90. The Labute approximate surface area is 297 Å². The first-order chi connectivity index (χ1) is 24.8. The van der Waals surface area contributed by atoms with E-state index >= 15 is 0 Å². The molecule has 0 aliphatic carbocycles. The average molecular weight is 669 g/mol. The van der Waals surface area contributed by atoms with Crippen molar-refractivity contribution in [3.05, 3.63) is 170 Å². The minimum atomic E-state index is 1.23. The fourth-order valence-corrected chi connectivity index (χ4v) is 10.6. The molecule has 50 heavy (non-hydrogen) atoms. The molecule has 0 unspecified atom stereocenters. The highest BCUT2D eigenvalue weighted by atomic mass is 32.1. The van der Waals surface area contributed by atoms with Gasteiger partial charge in [-0.05, 0) is 96.0 Å². The minimum Gasteiger partial charge on any atom is -0.135 e. The normalized spacial score (nSPS) is 12.0. The summed E-state index contributed by atoms with van der Waals surface area (Å²) in [6, 6.07) is 63.0. The van der Waals surface area contributed by atoms with E-state index in [1.54, 1.807) is 0 Å². The van der Waals surface area contributed by atoms with Crippen LogP contribution in [0.5, 0.6) is 0 Å². The van der Waals surface area contributed by atoms with Crippen LogP contribution < -0.4 is 0 Å². The van der Waals surface area contributed by atoms with Crippen molar-refractivity contribution >= 4 is 95.3 Å². The van der Waals surface area contributed by atoms with Crippen molar-refractivity contribution in [3.63, 3.8) is 0 Å². The van der Waals surface area contributed by atoms with Gasteiger partial charge in [0.1, 0.15) is 0 Å². The molecule has 2 heteroatoms. The van der Waals surface area contributed by atoms with E-state index in [4.69, 9.17) is 0 Å². The maximum atomic E-state index is 2.40. The van der Waals surface area contributed by atoms with Crippen LogP contribution in [0.1, 0.15) is 0 Å². The summed E-state index contributed by atoms with van der Waals surface area (Å²) in [5, 5.41) is 13.2. The van der Waals surface area contributed by atoms with Crippen LogP contribution in [0.2, 0.25) is 0 Å². The van der Waals surface area contributed by atoms with Crippen molar-refractivity contribution in [3.8, 4) is 33.4 Å². The van der Waals surface area contributed by atoms with Gasteiger partial charge in [-0.3, -0.25) is 0 Å². The number of hydrogen-bond donors (Lipinski definition) is 0. The first kappa shape index (κ1) is 28.1. The Bertz CT molecular complexity index is 3070. The van der Waals surface area contributed by atoms with Gasteiger partial charge < -0.3 is 0 Å². The molecule has 0 N–H and O–H groups in total. The van der Waals surface area contributed by atoms with Gasteiger partial charge in [-0.25, -0.2) is 0 Å². The zero-order valence-electron chi connectivity index (χ0n) is 27.0. The summed E-state index contributed by atoms with van der Waals surface area (Å²) < 4.78 is 5.48. The van der Waals surface area contributed by atoms with Crippen LogP contribution in [0, 0.1) is 0 Å². The van der Waals surface area contributed by atoms with E-state index in [0.717, 1.165) is 0 Å². The summed E-state index contributed by atoms with van der Waals surface area (Å²) in [7, 11) is 0. The van der Waals surface area contributed by atoms with E-state index < -0.39 is 0 Å². The highest BCUT2D eigenvalue weighted by molar-refractivity contribution is 7.29. The standard InChI is InChI=1S/C48H28S2/c1-2-10-30(11-3-1)45-35-12-4-6-14-37(35)46(38-15-7-5-13-36(38)45)31-20-18-29(19-21-31)32-22-23-33-27-41-39-24-25-43-47(40-16-8-9-17-42(40)49-43)48(39)50-44(41)28-34(33)26-32/h1-28H. The van der Waals surface area contributed by atoms with E-state index in [1.165, 1.54) is 106 Å². The third-order valence-corrected chi connectivity index (χ3v) is 12.8. The van der Waals surface area contributed by atoms with Gasteiger partial charge in [0.25, 0.3) is 0 Å². The summed E-state index contributed by atoms with van der Waals surface area (Å²) in [6.07, 6.45) is 0. The molecule has 11 rings (SSSR count). The molecule has 0 radical (unpaired) electrons. The van der Waals surface area contributed by atoms with Crippen LogP contribution in [0.4, 0.5) is 0 Å². The molecule has 11 aromatic rings. The molecule has 2 heterocycles. The highest BCUT2D eigenvalue weighted by Gasteiger charge is 2.17. The number of hydrogen-bond acceptors (Lipinski definition) is 2. The number of rotatable bonds is 3. The Morgan fingerprint density at radius 1 is 0.280 bits per heavy atom. The van der Waals surface area contributed by atoms with Crippen molar-refractivity contribution in [2.24, 2.45) is 0 Å². The van der Waals surface area contributed by atoms with Crippen molar-refractivity contribution < 1.29 is 0 Å². The van der Waals surface area contributed by atoms with E-state index in [0.29, 0.717) is 0 Å². The quantitative estimate of drug-likeness (QED) is 0.164. The molecular weight excluding hydrogens is 641 g/mol. The summed E-state index contributed by atoms with van der Waals surface area (Å²) in [6.45, 7) is 0. The van der Waals surface area contributed by atoms with Crippen LogP contribution in [0.25, 0.3) is 106 Å². The smallest absolute Gasteiger partial charge is 0.0448 e. The van der Waals surface area contributed by atoms with Crippen LogP contribution in [0.15, 0.2) is 170 Å². The molecule has 0 atom stereocenters. The van der Waals surface area contributed by atoms with Crippen LogP contribution in [-0.2, 0) is 0 Å². The molecule has 0 aliphatic rings. The Hall–Kier alpha value is -5.80. The first-order valence-electron chi connectivity index (χ1n) is 17.1. The zero-order chi connectivity index (χ0) is 32.8. The summed E-state index contributed by atoms with van der Waals surface area (Å²) in [5.74, 6) is 0. The second-order valence-corrected chi connectivity index (χ2v) is 15.3. The fourth-order valence-electron chi connectivity index (χ4n) is 8.15. The van der Waals surface area contributed by atoms with Gasteiger partial charge in [-0.15, -0.1) is 22.7 Å². The van der Waals surface area contributed by atoms with Crippen molar-refractivity contribution in [2.45, 2.75) is 0 Å². The van der Waals surface area contributed by atoms with E-state index in [9.17, 15) is 0 Å². The molecule has 0 aliphatic heterocycles. The number of benzene rings is 9. The molecule has 2 aromatic heterocycles. The lowest BCUT2D eigenvalue weighted by atomic mass is 9.85. The number of fused-ring (bicyclic) bond motifs is 10. The summed E-state index contributed by atoms with van der Waals surface area (Å²) >= 11 is 3.83. The van der Waals surface area contributed by atoms with Gasteiger partial charge in [0, 0.05) is 40.3 Å². The molecule has 0 nitrogen and oxygen atoms in total. The predicted octanol–water partition coefficient (Wildman–Crippen LogP) is 14.9. The Morgan fingerprint density at radius 3 is 1.56 bits per heavy atom. The maximum Gasteiger partial charge on any atom is 0.0448 e. The van der Waals surface area contributed by atoms with Gasteiger partial charge in [-0.1, -0.05) is 140 Å². The van der Waals surface area contributed by atoms with Crippen LogP contribution >= 0.6 is 22.7 Å². The maximum absolute atomic E-state index is 2.40. The van der Waals surface area contributed by atoms with E-state index in [-0.39, 0.29) is 0 Å². The fraction of sp³-hybridized carbons (Fsp3) is 0. The topological polar surface area (TPSA) is 0 Å². The molecule has 9 aromatic carbocycles. The molecule has 0 spiro atoms. The predicted molar refractivity (Wildman–Crippen MR) is 221 cm³/mol. The second-order valence-electron chi connectivity index (χ2n) is 13.2. The molecule has 0 saturated heterocycles. The van der Waals surface area contributed by atoms with E-state index in [1.807, 2.05) is 22.7 Å². The summed E-state index contributed by atoms with van der Waals surface area (Å²) in [4.78, 5) is 0. The van der Waals surface area contributed by atoms with Gasteiger partial charge in [-0.2, -0.15) is 0 Å². The minimum absolute atomic E-state index is 1.23. The SMILES string of the molecule is c1ccc(-c2c3ccccc3c(-c3ccc(-c4ccc5cc6c(cc5c4)sc4c6ccc5sc6ccccc6c54)cc3)c3ccccc23)cc1. The van der Waals surface area contributed by atoms with Crippen molar-refractivity contribution in [1.82, 2.24) is 0 Å². The van der Waals surface area contributed by atoms with Gasteiger partial charge >= 0.3 is 0 Å². The monoisotopic (exact) mass is 668 g/mol. The summed E-state index contributed by atoms with van der Waals surface area (Å²) in [5.41, 5.74) is 7.55. The van der Waals surface area contributed by atoms with Crippen LogP contribution in [-0.4, -0.2) is 0 Å². The van der Waals surface area contributed by atoms with Crippen molar-refractivity contribution in [1.29, 1.82) is 0 Å². The molecule has 0 fully saturated rings. The number of thiophene rings is 2. The first-order valence-corrected chi connectivity index (χ1v) is 18.7. The largest absolute Gasteiger partial charge is 0.135 e. The van der Waals surface area contributed by atoms with Gasteiger partial charge in [0.05, 0.1) is 0 Å². The second kappa shape index (κ2) is 10.9. The van der Waals surface area contributed by atoms with Gasteiger partial charge in [0.2, 0.25) is 0 Å². The van der Waals surface area contributed by atoms with Gasteiger partial charge in [0.15, 0.2) is 0 Å². The molecule has 0 amide bonds. The van der Waals surface area contributed by atoms with Crippen molar-refractivity contribution in [2.75, 3.05) is 0 Å². The third-order valence-electron chi connectivity index (χ3n) is 10.4. The lowest BCUT2D eigenvalue weighted by Gasteiger charge is -2.18. The zero-order valence-corrected chi connectivity index (χ0v) is 28.6. The third kappa shape index (κ3) is 4.16. The Morgan fingerprint density at radius 2 is 0.860 bits per heavy atom. The van der Waals surface area contributed by atoms with E-state index in [2.05, 4.69) is 170 Å². The molecule has 232 valence electrons. The van der Waals surface area contributed by atoms with Crippen LogP contribution in [0.3, 0.4) is 0 Å².